The number of hydrogen-bond donors (Lipinski definition) is 0. The SMILES string of the molecule is Cc1nc(-c2ccccc2)cc(Cl)c1C. The van der Waals surface area contributed by atoms with Gasteiger partial charge < -0.3 is 0 Å². The zero-order valence-corrected chi connectivity index (χ0v) is 9.55. The summed E-state index contributed by atoms with van der Waals surface area (Å²) in [6, 6.07) is 12.0. The van der Waals surface area contributed by atoms with E-state index in [-0.39, 0.29) is 0 Å². The Hall–Kier alpha value is -1.34. The van der Waals surface area contributed by atoms with Gasteiger partial charge in [0, 0.05) is 16.3 Å². The Balaban J connectivity index is 2.56. The zero-order chi connectivity index (χ0) is 10.8. The molecule has 0 aliphatic carbocycles. The van der Waals surface area contributed by atoms with Crippen LogP contribution in [0.15, 0.2) is 36.4 Å². The van der Waals surface area contributed by atoms with Gasteiger partial charge in [0.1, 0.15) is 0 Å². The Morgan fingerprint density at radius 1 is 1.07 bits per heavy atom. The topological polar surface area (TPSA) is 12.9 Å². The lowest BCUT2D eigenvalue weighted by molar-refractivity contribution is 1.16. The van der Waals surface area contributed by atoms with Crippen molar-refractivity contribution in [1.82, 2.24) is 4.98 Å². The molecule has 1 aromatic heterocycles. The summed E-state index contributed by atoms with van der Waals surface area (Å²) in [5.41, 5.74) is 4.07. The van der Waals surface area contributed by atoms with Crippen LogP contribution in [0, 0.1) is 13.8 Å². The fourth-order valence-electron chi connectivity index (χ4n) is 1.45. The highest BCUT2D eigenvalue weighted by Crippen LogP contribution is 2.24. The summed E-state index contributed by atoms with van der Waals surface area (Å²) < 4.78 is 0. The van der Waals surface area contributed by atoms with Gasteiger partial charge in [-0.3, -0.25) is 4.98 Å². The molecular formula is C13H12ClN. The van der Waals surface area contributed by atoms with Crippen LogP contribution in [0.5, 0.6) is 0 Å². The molecule has 0 N–H and O–H groups in total. The van der Waals surface area contributed by atoms with Crippen LogP contribution in [0.25, 0.3) is 11.3 Å². The molecule has 76 valence electrons. The van der Waals surface area contributed by atoms with Crippen LogP contribution >= 0.6 is 11.6 Å². The van der Waals surface area contributed by atoms with E-state index in [1.54, 1.807) is 0 Å². The summed E-state index contributed by atoms with van der Waals surface area (Å²) in [5.74, 6) is 0. The first-order valence-electron chi connectivity index (χ1n) is 4.87. The van der Waals surface area contributed by atoms with E-state index < -0.39 is 0 Å². The standard InChI is InChI=1S/C13H12ClN/c1-9-10(2)15-13(8-12(9)14)11-6-4-3-5-7-11/h3-8H,1-2H3. The van der Waals surface area contributed by atoms with Crippen LogP contribution in [0.4, 0.5) is 0 Å². The first-order chi connectivity index (χ1) is 7.18. The molecule has 0 spiro atoms. The maximum Gasteiger partial charge on any atom is 0.0720 e. The summed E-state index contributed by atoms with van der Waals surface area (Å²) in [6.45, 7) is 3.97. The molecule has 1 aromatic carbocycles. The number of nitrogens with zero attached hydrogens (tertiary/aromatic N) is 1. The fourth-order valence-corrected chi connectivity index (χ4v) is 1.69. The highest BCUT2D eigenvalue weighted by molar-refractivity contribution is 6.31. The van der Waals surface area contributed by atoms with Gasteiger partial charge in [-0.25, -0.2) is 0 Å². The number of hydrogen-bond acceptors (Lipinski definition) is 1. The minimum atomic E-state index is 0.779. The lowest BCUT2D eigenvalue weighted by atomic mass is 10.1. The molecule has 2 heteroatoms. The zero-order valence-electron chi connectivity index (χ0n) is 8.79. The Labute approximate surface area is 94.7 Å². The molecule has 0 aliphatic rings. The van der Waals surface area contributed by atoms with Gasteiger partial charge in [-0.05, 0) is 25.5 Å². The molecule has 0 unspecified atom stereocenters. The maximum atomic E-state index is 6.13. The van der Waals surface area contributed by atoms with E-state index in [0.717, 1.165) is 27.5 Å². The molecule has 0 amide bonds. The van der Waals surface area contributed by atoms with Gasteiger partial charge in [0.05, 0.1) is 5.69 Å². The van der Waals surface area contributed by atoms with Crippen molar-refractivity contribution in [3.63, 3.8) is 0 Å². The molecular weight excluding hydrogens is 206 g/mol. The number of halogens is 1. The minimum Gasteiger partial charge on any atom is -0.253 e. The third kappa shape index (κ3) is 2.02. The van der Waals surface area contributed by atoms with Gasteiger partial charge in [0.15, 0.2) is 0 Å². The maximum absolute atomic E-state index is 6.13. The number of pyridine rings is 1. The molecule has 0 aliphatic heterocycles. The molecule has 0 saturated heterocycles. The van der Waals surface area contributed by atoms with Crippen LogP contribution in [0.3, 0.4) is 0 Å². The van der Waals surface area contributed by atoms with Crippen molar-refractivity contribution in [1.29, 1.82) is 0 Å². The predicted octanol–water partition coefficient (Wildman–Crippen LogP) is 4.02. The summed E-state index contributed by atoms with van der Waals surface area (Å²) in [5, 5.41) is 0.779. The smallest absolute Gasteiger partial charge is 0.0720 e. The quantitative estimate of drug-likeness (QED) is 0.703. The van der Waals surface area contributed by atoms with E-state index in [2.05, 4.69) is 4.98 Å². The van der Waals surface area contributed by atoms with E-state index >= 15 is 0 Å². The monoisotopic (exact) mass is 217 g/mol. The predicted molar refractivity (Wildman–Crippen MR) is 64.2 cm³/mol. The summed E-state index contributed by atoms with van der Waals surface area (Å²) in [6.07, 6.45) is 0. The molecule has 0 saturated carbocycles. The second-order valence-electron chi connectivity index (χ2n) is 3.57. The van der Waals surface area contributed by atoms with Crippen LogP contribution in [-0.4, -0.2) is 4.98 Å². The fraction of sp³-hybridized carbons (Fsp3) is 0.154. The van der Waals surface area contributed by atoms with E-state index in [4.69, 9.17) is 11.6 Å². The highest BCUT2D eigenvalue weighted by atomic mass is 35.5. The van der Waals surface area contributed by atoms with Crippen LogP contribution in [0.2, 0.25) is 5.02 Å². The molecule has 0 bridgehead atoms. The van der Waals surface area contributed by atoms with Gasteiger partial charge >= 0.3 is 0 Å². The second-order valence-corrected chi connectivity index (χ2v) is 3.97. The first kappa shape index (κ1) is 10.2. The van der Waals surface area contributed by atoms with E-state index in [1.165, 1.54) is 0 Å². The largest absolute Gasteiger partial charge is 0.253 e. The molecule has 0 radical (unpaired) electrons. The second kappa shape index (κ2) is 4.03. The molecule has 2 aromatic rings. The number of aromatic nitrogens is 1. The van der Waals surface area contributed by atoms with Crippen molar-refractivity contribution in [3.05, 3.63) is 52.7 Å². The number of benzene rings is 1. The van der Waals surface area contributed by atoms with Crippen molar-refractivity contribution in [2.75, 3.05) is 0 Å². The van der Waals surface area contributed by atoms with Crippen molar-refractivity contribution in [2.45, 2.75) is 13.8 Å². The van der Waals surface area contributed by atoms with Crippen molar-refractivity contribution in [2.24, 2.45) is 0 Å². The van der Waals surface area contributed by atoms with E-state index in [0.29, 0.717) is 0 Å². The van der Waals surface area contributed by atoms with E-state index in [1.807, 2.05) is 50.2 Å². The van der Waals surface area contributed by atoms with Crippen molar-refractivity contribution < 1.29 is 0 Å². The lowest BCUT2D eigenvalue weighted by Gasteiger charge is -2.06. The molecule has 15 heavy (non-hydrogen) atoms. The third-order valence-corrected chi connectivity index (χ3v) is 2.91. The molecule has 1 nitrogen and oxygen atoms in total. The molecule has 0 atom stereocenters. The average molecular weight is 218 g/mol. The minimum absolute atomic E-state index is 0.779. The third-order valence-electron chi connectivity index (χ3n) is 2.52. The van der Waals surface area contributed by atoms with Gasteiger partial charge in [-0.2, -0.15) is 0 Å². The number of aryl methyl sites for hydroxylation is 1. The van der Waals surface area contributed by atoms with Crippen molar-refractivity contribution in [3.8, 4) is 11.3 Å². The van der Waals surface area contributed by atoms with Crippen molar-refractivity contribution >= 4 is 11.6 Å². The summed E-state index contributed by atoms with van der Waals surface area (Å²) >= 11 is 6.13. The highest BCUT2D eigenvalue weighted by Gasteiger charge is 2.05. The first-order valence-corrected chi connectivity index (χ1v) is 5.25. The lowest BCUT2D eigenvalue weighted by Crippen LogP contribution is -1.91. The normalized spacial score (nSPS) is 10.3. The number of rotatable bonds is 1. The molecule has 0 fully saturated rings. The van der Waals surface area contributed by atoms with Crippen LogP contribution in [0.1, 0.15) is 11.3 Å². The van der Waals surface area contributed by atoms with E-state index in [9.17, 15) is 0 Å². The Morgan fingerprint density at radius 3 is 2.33 bits per heavy atom. The Bertz CT molecular complexity index is 454. The van der Waals surface area contributed by atoms with Gasteiger partial charge in [-0.15, -0.1) is 0 Å². The van der Waals surface area contributed by atoms with Gasteiger partial charge in [0.25, 0.3) is 0 Å². The van der Waals surface area contributed by atoms with Gasteiger partial charge in [0.2, 0.25) is 0 Å². The van der Waals surface area contributed by atoms with Gasteiger partial charge in [-0.1, -0.05) is 41.9 Å². The van der Waals surface area contributed by atoms with Crippen LogP contribution in [-0.2, 0) is 0 Å². The van der Waals surface area contributed by atoms with Crippen LogP contribution < -0.4 is 0 Å². The Kier molecular flexibility index (Phi) is 2.74. The average Bonchev–Trinajstić information content (AvgIpc) is 2.26. The Morgan fingerprint density at radius 2 is 1.73 bits per heavy atom. The summed E-state index contributed by atoms with van der Waals surface area (Å²) in [7, 11) is 0. The molecule has 2 rings (SSSR count). The molecule has 1 heterocycles. The summed E-state index contributed by atoms with van der Waals surface area (Å²) in [4.78, 5) is 4.52.